The summed E-state index contributed by atoms with van der Waals surface area (Å²) in [6.07, 6.45) is 4.11. The minimum atomic E-state index is -0.786. The minimum absolute atomic E-state index is 0.449. The van der Waals surface area contributed by atoms with Gasteiger partial charge in [0, 0.05) is 29.3 Å². The van der Waals surface area contributed by atoms with Crippen molar-refractivity contribution in [2.75, 3.05) is 33.3 Å². The Morgan fingerprint density at radius 2 is 1.61 bits per heavy atom. The molecule has 5 nitrogen and oxygen atoms in total. The summed E-state index contributed by atoms with van der Waals surface area (Å²) < 4.78 is 23.6. The molecule has 0 radical (unpaired) electrons. The van der Waals surface area contributed by atoms with Crippen molar-refractivity contribution in [3.63, 3.8) is 0 Å². The molecule has 1 atom stereocenters. The van der Waals surface area contributed by atoms with Crippen LogP contribution < -0.4 is 23.8 Å². The Bertz CT molecular complexity index is 985. The van der Waals surface area contributed by atoms with Gasteiger partial charge in [0.25, 0.3) is 0 Å². The number of hydrogen-bond acceptors (Lipinski definition) is 5. The molecule has 2 aromatic rings. The smallest absolute Gasteiger partial charge is 0.212 e. The second-order valence-electron chi connectivity index (χ2n) is 7.54. The Labute approximate surface area is 170 Å². The van der Waals surface area contributed by atoms with Crippen molar-refractivity contribution in [2.45, 2.75) is 25.0 Å². The first kappa shape index (κ1) is 18.8. The van der Waals surface area contributed by atoms with E-state index in [0.717, 1.165) is 28.3 Å². The molecule has 0 aromatic heterocycles. The average Bonchev–Trinajstić information content (AvgIpc) is 2.86. The van der Waals surface area contributed by atoms with E-state index < -0.39 is 11.1 Å². The molecule has 0 amide bonds. The summed E-state index contributed by atoms with van der Waals surface area (Å²) in [5, 5.41) is 0.602. The maximum atomic E-state index is 6.71. The third-order valence-electron chi connectivity index (χ3n) is 5.91. The van der Waals surface area contributed by atoms with Crippen LogP contribution in [0, 0.1) is 0 Å². The molecule has 2 heterocycles. The largest absolute Gasteiger partial charge is 0.496 e. The fourth-order valence-electron chi connectivity index (χ4n) is 4.47. The first-order valence-corrected chi connectivity index (χ1v) is 9.43. The number of rotatable bonds is 3. The zero-order chi connectivity index (χ0) is 20.3. The predicted molar refractivity (Wildman–Crippen MR) is 111 cm³/mol. The summed E-state index contributed by atoms with van der Waals surface area (Å²) in [7, 11) is 6.98. The second-order valence-corrected chi connectivity index (χ2v) is 7.97. The molecule has 0 fully saturated rings. The molecule has 1 unspecified atom stereocenters. The van der Waals surface area contributed by atoms with Gasteiger partial charge in [0.1, 0.15) is 11.5 Å². The van der Waals surface area contributed by atoms with Crippen molar-refractivity contribution in [1.29, 1.82) is 0 Å². The summed E-state index contributed by atoms with van der Waals surface area (Å²) in [6.45, 7) is 4.30. The number of methoxy groups -OCH3 is 3. The lowest BCUT2D eigenvalue weighted by Crippen LogP contribution is -2.58. The second kappa shape index (κ2) is 6.24. The summed E-state index contributed by atoms with van der Waals surface area (Å²) in [6, 6.07) is 7.50. The third-order valence-corrected chi connectivity index (χ3v) is 6.13. The normalized spacial score (nSPS) is 21.2. The molecule has 0 bridgehead atoms. The van der Waals surface area contributed by atoms with Crippen molar-refractivity contribution in [2.24, 2.45) is 0 Å². The van der Waals surface area contributed by atoms with E-state index >= 15 is 0 Å². The van der Waals surface area contributed by atoms with Gasteiger partial charge < -0.3 is 23.8 Å². The summed E-state index contributed by atoms with van der Waals surface area (Å²) in [5.74, 6) is 2.84. The van der Waals surface area contributed by atoms with Gasteiger partial charge in [0.05, 0.1) is 32.4 Å². The standard InChI is InChI=1S/C22H24ClNO4/c1-21(2)18-15(25-4)7-8-16(26-5)19(18)24(3)22(21)10-9-13-11-14(23)12-17(27-6)20(13)28-22/h7-12H,1-6H3. The monoisotopic (exact) mass is 401 g/mol. The van der Waals surface area contributed by atoms with Gasteiger partial charge in [-0.1, -0.05) is 11.6 Å². The van der Waals surface area contributed by atoms with E-state index in [2.05, 4.69) is 24.8 Å². The number of nitrogens with zero attached hydrogens (tertiary/aromatic N) is 1. The lowest BCUT2D eigenvalue weighted by Gasteiger charge is -2.46. The highest BCUT2D eigenvalue weighted by Crippen LogP contribution is 2.60. The fraction of sp³-hybridized carbons (Fsp3) is 0.364. The van der Waals surface area contributed by atoms with Crippen LogP contribution in [0.5, 0.6) is 23.0 Å². The Morgan fingerprint density at radius 3 is 2.25 bits per heavy atom. The minimum Gasteiger partial charge on any atom is -0.496 e. The maximum absolute atomic E-state index is 6.71. The van der Waals surface area contributed by atoms with Gasteiger partial charge in [0.2, 0.25) is 5.72 Å². The molecule has 2 aromatic carbocycles. The number of ether oxygens (including phenoxy) is 4. The van der Waals surface area contributed by atoms with Crippen molar-refractivity contribution in [3.8, 4) is 23.0 Å². The van der Waals surface area contributed by atoms with E-state index in [1.165, 1.54) is 0 Å². The van der Waals surface area contributed by atoms with Gasteiger partial charge in [0.15, 0.2) is 11.5 Å². The van der Waals surface area contributed by atoms with Crippen LogP contribution in [0.15, 0.2) is 30.3 Å². The quantitative estimate of drug-likeness (QED) is 0.731. The number of hydrogen-bond donors (Lipinski definition) is 0. The topological polar surface area (TPSA) is 40.2 Å². The van der Waals surface area contributed by atoms with Crippen LogP contribution in [0.2, 0.25) is 5.02 Å². The Hall–Kier alpha value is -2.53. The molecule has 148 valence electrons. The maximum Gasteiger partial charge on any atom is 0.212 e. The molecule has 28 heavy (non-hydrogen) atoms. The molecule has 0 aliphatic carbocycles. The number of fused-ring (bicyclic) bond motifs is 2. The highest BCUT2D eigenvalue weighted by atomic mass is 35.5. The van der Waals surface area contributed by atoms with Crippen molar-refractivity contribution < 1.29 is 18.9 Å². The van der Waals surface area contributed by atoms with Crippen molar-refractivity contribution in [3.05, 3.63) is 46.5 Å². The molecule has 0 N–H and O–H groups in total. The fourth-order valence-corrected chi connectivity index (χ4v) is 4.69. The Balaban J connectivity index is 1.96. The number of halogens is 1. The van der Waals surface area contributed by atoms with E-state index in [4.69, 9.17) is 30.5 Å². The summed E-state index contributed by atoms with van der Waals surface area (Å²) >= 11 is 6.24. The van der Waals surface area contributed by atoms with E-state index in [9.17, 15) is 0 Å². The van der Waals surface area contributed by atoms with E-state index in [1.807, 2.05) is 31.3 Å². The van der Waals surface area contributed by atoms with Crippen LogP contribution in [-0.2, 0) is 5.41 Å². The van der Waals surface area contributed by atoms with Crippen LogP contribution in [-0.4, -0.2) is 34.1 Å². The van der Waals surface area contributed by atoms with Crippen molar-refractivity contribution in [1.82, 2.24) is 0 Å². The summed E-state index contributed by atoms with van der Waals surface area (Å²) in [4.78, 5) is 2.11. The number of likely N-dealkylation sites (N-methyl/N-ethyl adjacent to an activating group) is 1. The Morgan fingerprint density at radius 1 is 0.964 bits per heavy atom. The lowest BCUT2D eigenvalue weighted by molar-refractivity contribution is 0.0543. The highest BCUT2D eigenvalue weighted by Gasteiger charge is 2.60. The Kier molecular flexibility index (Phi) is 4.19. The van der Waals surface area contributed by atoms with Gasteiger partial charge in [-0.25, -0.2) is 0 Å². The molecule has 0 saturated heterocycles. The van der Waals surface area contributed by atoms with Gasteiger partial charge in [-0.2, -0.15) is 0 Å². The third kappa shape index (κ3) is 2.26. The molecule has 2 aliphatic heterocycles. The van der Waals surface area contributed by atoms with Gasteiger partial charge in [-0.3, -0.25) is 0 Å². The molecular formula is C22H24ClNO4. The average molecular weight is 402 g/mol. The number of benzene rings is 2. The molecular weight excluding hydrogens is 378 g/mol. The molecule has 0 saturated carbocycles. The van der Waals surface area contributed by atoms with Gasteiger partial charge in [-0.05, 0) is 44.2 Å². The molecule has 1 spiro atoms. The van der Waals surface area contributed by atoms with Gasteiger partial charge in [-0.15, -0.1) is 0 Å². The first-order valence-electron chi connectivity index (χ1n) is 9.05. The number of anilines is 1. The van der Waals surface area contributed by atoms with Crippen LogP contribution in [0.25, 0.3) is 6.08 Å². The molecule has 4 rings (SSSR count). The van der Waals surface area contributed by atoms with Crippen LogP contribution in [0.3, 0.4) is 0 Å². The molecule has 2 aliphatic rings. The summed E-state index contributed by atoms with van der Waals surface area (Å²) in [5.41, 5.74) is 1.64. The van der Waals surface area contributed by atoms with Gasteiger partial charge >= 0.3 is 0 Å². The van der Waals surface area contributed by atoms with Crippen LogP contribution in [0.4, 0.5) is 5.69 Å². The van der Waals surface area contributed by atoms with Crippen LogP contribution in [0.1, 0.15) is 25.0 Å². The first-order chi connectivity index (χ1) is 13.3. The van der Waals surface area contributed by atoms with Crippen molar-refractivity contribution >= 4 is 23.4 Å². The van der Waals surface area contributed by atoms with Crippen LogP contribution >= 0.6 is 11.6 Å². The predicted octanol–water partition coefficient (Wildman–Crippen LogP) is 4.90. The lowest BCUT2D eigenvalue weighted by atomic mass is 9.76. The molecule has 6 heteroatoms. The zero-order valence-electron chi connectivity index (χ0n) is 16.9. The van der Waals surface area contributed by atoms with E-state index in [1.54, 1.807) is 27.4 Å². The van der Waals surface area contributed by atoms with E-state index in [0.29, 0.717) is 16.5 Å². The van der Waals surface area contributed by atoms with E-state index in [-0.39, 0.29) is 0 Å². The zero-order valence-corrected chi connectivity index (χ0v) is 17.7. The highest BCUT2D eigenvalue weighted by molar-refractivity contribution is 6.31. The SMILES string of the molecule is COc1cc(Cl)cc2c1OC1(C=C2)N(C)c2c(OC)ccc(OC)c2C1(C)C.